The predicted octanol–water partition coefficient (Wildman–Crippen LogP) is 3.48. The lowest BCUT2D eigenvalue weighted by Gasteiger charge is -2.22. The van der Waals surface area contributed by atoms with Crippen LogP contribution in [0.3, 0.4) is 0 Å². The molecule has 0 aliphatic heterocycles. The number of anilines is 1. The summed E-state index contributed by atoms with van der Waals surface area (Å²) in [5.41, 5.74) is 1.94. The van der Waals surface area contributed by atoms with Crippen LogP contribution in [0.15, 0.2) is 30.5 Å². The van der Waals surface area contributed by atoms with Crippen molar-refractivity contribution in [3.63, 3.8) is 0 Å². The lowest BCUT2D eigenvalue weighted by atomic mass is 9.89. The van der Waals surface area contributed by atoms with E-state index in [1.807, 2.05) is 30.5 Å². The first-order valence-electron chi connectivity index (χ1n) is 7.34. The minimum absolute atomic E-state index is 0.854. The van der Waals surface area contributed by atoms with Crippen molar-refractivity contribution in [1.82, 2.24) is 9.97 Å². The van der Waals surface area contributed by atoms with Crippen LogP contribution >= 0.6 is 0 Å². The number of nitrogens with one attached hydrogen (secondary N) is 1. The number of nitrogens with zero attached hydrogens (tertiary/aromatic N) is 2. The molecule has 1 heterocycles. The van der Waals surface area contributed by atoms with E-state index in [1.165, 1.54) is 25.7 Å². The molecular weight excluding hydrogens is 234 g/mol. The van der Waals surface area contributed by atoms with Gasteiger partial charge in [0.05, 0.1) is 17.2 Å². The van der Waals surface area contributed by atoms with E-state index in [0.29, 0.717) is 0 Å². The lowest BCUT2D eigenvalue weighted by molar-refractivity contribution is 0.348. The van der Waals surface area contributed by atoms with Gasteiger partial charge in [0.15, 0.2) is 0 Å². The van der Waals surface area contributed by atoms with E-state index >= 15 is 0 Å². The maximum Gasteiger partial charge on any atom is 0.145 e. The third-order valence-electron chi connectivity index (χ3n) is 4.88. The summed E-state index contributed by atoms with van der Waals surface area (Å²) in [4.78, 5) is 9.07. The van der Waals surface area contributed by atoms with E-state index in [1.54, 1.807) is 0 Å². The highest BCUT2D eigenvalue weighted by atomic mass is 15.0. The summed E-state index contributed by atoms with van der Waals surface area (Å²) in [6, 6.07) is 8.03. The van der Waals surface area contributed by atoms with Crippen molar-refractivity contribution in [3.05, 3.63) is 30.5 Å². The first-order chi connectivity index (χ1) is 9.38. The van der Waals surface area contributed by atoms with Crippen molar-refractivity contribution in [2.24, 2.45) is 17.8 Å². The second kappa shape index (κ2) is 4.48. The zero-order chi connectivity index (χ0) is 12.7. The molecule has 1 N–H and O–H groups in total. The number of rotatable bonds is 3. The quantitative estimate of drug-likeness (QED) is 0.910. The van der Waals surface area contributed by atoms with Gasteiger partial charge in [-0.15, -0.1) is 0 Å². The predicted molar refractivity (Wildman–Crippen MR) is 77.0 cm³/mol. The second-order valence-electron chi connectivity index (χ2n) is 6.06. The number of benzene rings is 1. The van der Waals surface area contributed by atoms with Crippen LogP contribution in [-0.4, -0.2) is 16.5 Å². The third kappa shape index (κ3) is 2.07. The van der Waals surface area contributed by atoms with Gasteiger partial charge in [-0.1, -0.05) is 18.6 Å². The molecule has 0 radical (unpaired) electrons. The average Bonchev–Trinajstić information content (AvgIpc) is 3.07. The van der Waals surface area contributed by atoms with Crippen molar-refractivity contribution < 1.29 is 0 Å². The third-order valence-corrected chi connectivity index (χ3v) is 4.88. The number of hydrogen-bond acceptors (Lipinski definition) is 3. The number of hydrogen-bond donors (Lipinski definition) is 1. The fraction of sp³-hybridized carbons (Fsp3) is 0.500. The molecule has 0 amide bonds. The van der Waals surface area contributed by atoms with Gasteiger partial charge in [0.2, 0.25) is 0 Å². The average molecular weight is 253 g/mol. The van der Waals surface area contributed by atoms with Gasteiger partial charge in [-0.3, -0.25) is 4.98 Å². The van der Waals surface area contributed by atoms with Gasteiger partial charge in [-0.05, 0) is 49.1 Å². The Balaban J connectivity index is 1.46. The van der Waals surface area contributed by atoms with Crippen LogP contribution in [-0.2, 0) is 0 Å². The van der Waals surface area contributed by atoms with Crippen LogP contribution in [0.25, 0.3) is 11.0 Å². The van der Waals surface area contributed by atoms with Crippen LogP contribution in [0.4, 0.5) is 5.82 Å². The van der Waals surface area contributed by atoms with E-state index in [-0.39, 0.29) is 0 Å². The van der Waals surface area contributed by atoms with Gasteiger partial charge in [-0.25, -0.2) is 4.98 Å². The summed E-state index contributed by atoms with van der Waals surface area (Å²) in [7, 11) is 0. The van der Waals surface area contributed by atoms with Crippen LogP contribution in [0.1, 0.15) is 25.7 Å². The molecule has 98 valence electrons. The Labute approximate surface area is 113 Å². The molecular formula is C16H19N3. The molecule has 3 atom stereocenters. The van der Waals surface area contributed by atoms with Crippen molar-refractivity contribution in [2.45, 2.75) is 25.7 Å². The standard InChI is InChI=1S/C16H19N3/c1-2-4-15-14(3-1)17-10-16(19-15)18-9-13-8-11-5-6-12(13)7-11/h1-4,10-13H,5-9H2,(H,18,19). The number of aromatic nitrogens is 2. The molecule has 2 bridgehead atoms. The molecule has 19 heavy (non-hydrogen) atoms. The van der Waals surface area contributed by atoms with Gasteiger partial charge in [-0.2, -0.15) is 0 Å². The zero-order valence-corrected chi connectivity index (χ0v) is 11.0. The molecule has 2 aliphatic rings. The van der Waals surface area contributed by atoms with Crippen LogP contribution in [0.5, 0.6) is 0 Å². The van der Waals surface area contributed by atoms with Gasteiger partial charge in [0.1, 0.15) is 5.82 Å². The Hall–Kier alpha value is -1.64. The monoisotopic (exact) mass is 253 g/mol. The van der Waals surface area contributed by atoms with Gasteiger partial charge in [0, 0.05) is 6.54 Å². The number of para-hydroxylation sites is 2. The molecule has 1 aromatic heterocycles. The van der Waals surface area contributed by atoms with Crippen molar-refractivity contribution >= 4 is 16.9 Å². The smallest absolute Gasteiger partial charge is 0.145 e. The molecule has 1 aromatic carbocycles. The molecule has 3 unspecified atom stereocenters. The Bertz CT molecular complexity index is 595. The van der Waals surface area contributed by atoms with Crippen molar-refractivity contribution in [2.75, 3.05) is 11.9 Å². The fourth-order valence-electron chi connectivity index (χ4n) is 3.90. The van der Waals surface area contributed by atoms with Gasteiger partial charge in [0.25, 0.3) is 0 Å². The normalized spacial score (nSPS) is 28.9. The molecule has 2 aromatic rings. The Kier molecular flexibility index (Phi) is 2.64. The largest absolute Gasteiger partial charge is 0.368 e. The van der Waals surface area contributed by atoms with Gasteiger partial charge >= 0.3 is 0 Å². The second-order valence-corrected chi connectivity index (χ2v) is 6.06. The van der Waals surface area contributed by atoms with E-state index < -0.39 is 0 Å². The summed E-state index contributed by atoms with van der Waals surface area (Å²) >= 11 is 0. The summed E-state index contributed by atoms with van der Waals surface area (Å²) in [5, 5.41) is 3.49. The maximum absolute atomic E-state index is 4.62. The van der Waals surface area contributed by atoms with E-state index in [9.17, 15) is 0 Å². The molecule has 0 spiro atoms. The highest BCUT2D eigenvalue weighted by Gasteiger charge is 2.39. The highest BCUT2D eigenvalue weighted by Crippen LogP contribution is 2.48. The van der Waals surface area contributed by atoms with Crippen molar-refractivity contribution in [3.8, 4) is 0 Å². The maximum atomic E-state index is 4.62. The topological polar surface area (TPSA) is 37.8 Å². The van der Waals surface area contributed by atoms with Crippen molar-refractivity contribution in [1.29, 1.82) is 0 Å². The van der Waals surface area contributed by atoms with Crippen LogP contribution < -0.4 is 5.32 Å². The molecule has 3 nitrogen and oxygen atoms in total. The molecule has 4 rings (SSSR count). The summed E-state index contributed by atoms with van der Waals surface area (Å²) in [5.74, 6) is 3.75. The Morgan fingerprint density at radius 1 is 1.11 bits per heavy atom. The van der Waals surface area contributed by atoms with E-state index in [2.05, 4.69) is 15.3 Å². The lowest BCUT2D eigenvalue weighted by Crippen LogP contribution is -2.20. The Morgan fingerprint density at radius 2 is 2.00 bits per heavy atom. The van der Waals surface area contributed by atoms with Gasteiger partial charge < -0.3 is 5.32 Å². The molecule has 3 heteroatoms. The SMILES string of the molecule is c1ccc2nc(NCC3CC4CCC3C4)cnc2c1. The first-order valence-corrected chi connectivity index (χ1v) is 7.34. The first kappa shape index (κ1) is 11.2. The van der Waals surface area contributed by atoms with E-state index in [4.69, 9.17) is 0 Å². The summed E-state index contributed by atoms with van der Waals surface area (Å²) in [6.07, 6.45) is 7.65. The molecule has 2 aliphatic carbocycles. The minimum atomic E-state index is 0.854. The molecule has 2 saturated carbocycles. The number of fused-ring (bicyclic) bond motifs is 3. The molecule has 2 fully saturated rings. The summed E-state index contributed by atoms with van der Waals surface area (Å²) in [6.45, 7) is 1.06. The molecule has 0 saturated heterocycles. The fourth-order valence-corrected chi connectivity index (χ4v) is 3.90. The van der Waals surface area contributed by atoms with E-state index in [0.717, 1.165) is 41.1 Å². The Morgan fingerprint density at radius 3 is 2.79 bits per heavy atom. The highest BCUT2D eigenvalue weighted by molar-refractivity contribution is 5.75. The zero-order valence-electron chi connectivity index (χ0n) is 11.0. The van der Waals surface area contributed by atoms with Crippen LogP contribution in [0, 0.1) is 17.8 Å². The summed E-state index contributed by atoms with van der Waals surface area (Å²) < 4.78 is 0. The minimum Gasteiger partial charge on any atom is -0.368 e. The van der Waals surface area contributed by atoms with Crippen LogP contribution in [0.2, 0.25) is 0 Å².